The van der Waals surface area contributed by atoms with Crippen LogP contribution in [0.15, 0.2) is 40.1 Å². The van der Waals surface area contributed by atoms with E-state index >= 15 is 0 Å². The van der Waals surface area contributed by atoms with Gasteiger partial charge < -0.3 is 15.2 Å². The van der Waals surface area contributed by atoms with Gasteiger partial charge in [-0.25, -0.2) is 9.59 Å². The van der Waals surface area contributed by atoms with Gasteiger partial charge in [0.25, 0.3) is 0 Å². The van der Waals surface area contributed by atoms with Gasteiger partial charge in [0.05, 0.1) is 12.2 Å². The van der Waals surface area contributed by atoms with E-state index < -0.39 is 11.9 Å². The lowest BCUT2D eigenvalue weighted by molar-refractivity contribution is -0.144. The smallest absolute Gasteiger partial charge is 0.345 e. The van der Waals surface area contributed by atoms with E-state index in [0.717, 1.165) is 17.8 Å². The first-order chi connectivity index (χ1) is 10.3. The Morgan fingerprint density at radius 1 is 1.09 bits per heavy atom. The van der Waals surface area contributed by atoms with Crippen molar-refractivity contribution < 1.29 is 19.1 Å². The molecule has 1 aromatic rings. The minimum absolute atomic E-state index is 0.136. The number of hydrogen-bond acceptors (Lipinski definition) is 6. The summed E-state index contributed by atoms with van der Waals surface area (Å²) in [5.41, 5.74) is 6.39. The van der Waals surface area contributed by atoms with Crippen molar-refractivity contribution in [1.82, 2.24) is 0 Å². The highest BCUT2D eigenvalue weighted by atomic mass is 32.2. The van der Waals surface area contributed by atoms with E-state index in [-0.39, 0.29) is 17.1 Å². The van der Waals surface area contributed by atoms with Crippen molar-refractivity contribution >= 4 is 29.4 Å². The van der Waals surface area contributed by atoms with Crippen molar-refractivity contribution in [2.45, 2.75) is 44.8 Å². The van der Waals surface area contributed by atoms with Crippen LogP contribution in [0, 0.1) is 0 Å². The Labute approximate surface area is 134 Å². The van der Waals surface area contributed by atoms with Crippen molar-refractivity contribution in [3.05, 3.63) is 35.2 Å². The monoisotopic (exact) mass is 323 g/mol. The molecule has 0 radical (unpaired) electrons. The molecule has 120 valence electrons. The van der Waals surface area contributed by atoms with Crippen molar-refractivity contribution in [3.63, 3.8) is 0 Å². The second kappa shape index (κ2) is 8.48. The quantitative estimate of drug-likeness (QED) is 0.375. The average molecular weight is 323 g/mol. The van der Waals surface area contributed by atoms with Crippen molar-refractivity contribution in [2.24, 2.45) is 0 Å². The van der Waals surface area contributed by atoms with Gasteiger partial charge in [-0.3, -0.25) is 0 Å². The van der Waals surface area contributed by atoms with Crippen LogP contribution in [-0.4, -0.2) is 24.1 Å². The lowest BCUT2D eigenvalue weighted by atomic mass is 10.3. The fraction of sp³-hybridized carbons (Fsp3) is 0.375. The minimum atomic E-state index is -0.590. The minimum Gasteiger partial charge on any atom is -0.460 e. The fourth-order valence-corrected chi connectivity index (χ4v) is 2.32. The SMILES string of the molecule is CC(C)OC(=O)/C=C(/Sc1ccccc1N)C(=O)OC(C)C. The number of thioether (sulfide) groups is 1. The normalized spacial score (nSPS) is 11.6. The third-order valence-corrected chi connectivity index (χ3v) is 3.38. The van der Waals surface area contributed by atoms with Gasteiger partial charge in [0.2, 0.25) is 0 Å². The number of para-hydroxylation sites is 1. The van der Waals surface area contributed by atoms with E-state index in [1.165, 1.54) is 0 Å². The molecule has 0 saturated carbocycles. The number of ether oxygens (including phenoxy) is 2. The molecule has 0 unspecified atom stereocenters. The van der Waals surface area contributed by atoms with Crippen LogP contribution in [0.2, 0.25) is 0 Å². The van der Waals surface area contributed by atoms with E-state index in [0.29, 0.717) is 10.6 Å². The molecule has 0 fully saturated rings. The lowest BCUT2D eigenvalue weighted by Crippen LogP contribution is -2.15. The second-order valence-corrected chi connectivity index (χ2v) is 6.17. The topological polar surface area (TPSA) is 78.6 Å². The number of benzene rings is 1. The molecule has 0 bridgehead atoms. The Kier molecular flexibility index (Phi) is 6.98. The van der Waals surface area contributed by atoms with E-state index in [4.69, 9.17) is 15.2 Å². The summed E-state index contributed by atoms with van der Waals surface area (Å²) in [7, 11) is 0. The van der Waals surface area contributed by atoms with Crippen LogP contribution in [-0.2, 0) is 19.1 Å². The summed E-state index contributed by atoms with van der Waals surface area (Å²) in [5, 5.41) is 0. The summed E-state index contributed by atoms with van der Waals surface area (Å²) in [4.78, 5) is 24.7. The molecule has 0 aromatic heterocycles. The molecule has 0 atom stereocenters. The van der Waals surface area contributed by atoms with Crippen LogP contribution < -0.4 is 5.73 Å². The number of hydrogen-bond donors (Lipinski definition) is 1. The highest BCUT2D eigenvalue weighted by Crippen LogP contribution is 2.32. The summed E-state index contributed by atoms with van der Waals surface area (Å²) in [5.74, 6) is -1.17. The predicted molar refractivity (Wildman–Crippen MR) is 87.3 cm³/mol. The molecule has 1 rings (SSSR count). The number of nitrogen functional groups attached to an aromatic ring is 1. The van der Waals surface area contributed by atoms with Gasteiger partial charge >= 0.3 is 11.9 Å². The number of esters is 2. The van der Waals surface area contributed by atoms with Crippen LogP contribution in [0.1, 0.15) is 27.7 Å². The number of anilines is 1. The van der Waals surface area contributed by atoms with Gasteiger partial charge in [-0.1, -0.05) is 23.9 Å². The zero-order valence-corrected chi connectivity index (χ0v) is 14.0. The first-order valence-electron chi connectivity index (χ1n) is 6.95. The standard InChI is InChI=1S/C16H21NO4S/c1-10(2)20-15(18)9-14(16(19)21-11(3)4)22-13-8-6-5-7-12(13)17/h5-11H,17H2,1-4H3/b14-9+. The van der Waals surface area contributed by atoms with Gasteiger partial charge in [0.15, 0.2) is 0 Å². The molecule has 0 aliphatic heterocycles. The molecule has 0 spiro atoms. The Hall–Kier alpha value is -1.95. The fourth-order valence-electron chi connectivity index (χ4n) is 1.47. The molecule has 22 heavy (non-hydrogen) atoms. The first-order valence-corrected chi connectivity index (χ1v) is 7.77. The summed E-state index contributed by atoms with van der Waals surface area (Å²) in [6.45, 7) is 6.95. The first kappa shape index (κ1) is 18.1. The molecule has 0 heterocycles. The maximum absolute atomic E-state index is 12.1. The van der Waals surface area contributed by atoms with Crippen LogP contribution in [0.5, 0.6) is 0 Å². The van der Waals surface area contributed by atoms with E-state index in [1.54, 1.807) is 52.0 Å². The maximum Gasteiger partial charge on any atom is 0.345 e. The Morgan fingerprint density at radius 2 is 1.68 bits per heavy atom. The zero-order valence-electron chi connectivity index (χ0n) is 13.2. The summed E-state index contributed by atoms with van der Waals surface area (Å²) >= 11 is 1.08. The highest BCUT2D eigenvalue weighted by Gasteiger charge is 2.18. The molecule has 5 nitrogen and oxygen atoms in total. The summed E-state index contributed by atoms with van der Waals surface area (Å²) in [6.07, 6.45) is 0.589. The van der Waals surface area contributed by atoms with Gasteiger partial charge in [-0.15, -0.1) is 0 Å². The average Bonchev–Trinajstić information content (AvgIpc) is 2.38. The Balaban J connectivity index is 3.01. The highest BCUT2D eigenvalue weighted by molar-refractivity contribution is 8.04. The van der Waals surface area contributed by atoms with Crippen molar-refractivity contribution in [1.29, 1.82) is 0 Å². The number of carbonyl (C=O) groups is 2. The number of rotatable bonds is 6. The van der Waals surface area contributed by atoms with Crippen LogP contribution >= 0.6 is 11.8 Å². The molecule has 0 amide bonds. The molecular weight excluding hydrogens is 302 g/mol. The zero-order chi connectivity index (χ0) is 16.7. The van der Waals surface area contributed by atoms with E-state index in [9.17, 15) is 9.59 Å². The molecule has 2 N–H and O–H groups in total. The van der Waals surface area contributed by atoms with Crippen LogP contribution in [0.4, 0.5) is 5.69 Å². The molecule has 0 saturated heterocycles. The van der Waals surface area contributed by atoms with Crippen molar-refractivity contribution in [2.75, 3.05) is 5.73 Å². The van der Waals surface area contributed by atoms with E-state index in [1.807, 2.05) is 0 Å². The molecule has 0 aliphatic rings. The predicted octanol–water partition coefficient (Wildman–Crippen LogP) is 3.15. The molecule has 6 heteroatoms. The summed E-state index contributed by atoms with van der Waals surface area (Å²) in [6, 6.07) is 7.09. The molecular formula is C16H21NO4S. The maximum atomic E-state index is 12.1. The third kappa shape index (κ3) is 6.22. The third-order valence-electron chi connectivity index (χ3n) is 2.28. The van der Waals surface area contributed by atoms with Gasteiger partial charge in [-0.05, 0) is 39.8 Å². The second-order valence-electron chi connectivity index (χ2n) is 5.09. The van der Waals surface area contributed by atoms with E-state index in [2.05, 4.69) is 0 Å². The lowest BCUT2D eigenvalue weighted by Gasteiger charge is -2.12. The largest absolute Gasteiger partial charge is 0.460 e. The Bertz CT molecular complexity index is 567. The number of nitrogens with two attached hydrogens (primary N) is 1. The van der Waals surface area contributed by atoms with Gasteiger partial charge in [-0.2, -0.15) is 0 Å². The van der Waals surface area contributed by atoms with Crippen molar-refractivity contribution in [3.8, 4) is 0 Å². The van der Waals surface area contributed by atoms with Crippen LogP contribution in [0.25, 0.3) is 0 Å². The van der Waals surface area contributed by atoms with Gasteiger partial charge in [0, 0.05) is 16.7 Å². The number of carbonyl (C=O) groups excluding carboxylic acids is 2. The van der Waals surface area contributed by atoms with Gasteiger partial charge in [0.1, 0.15) is 4.91 Å². The molecule has 1 aromatic carbocycles. The Morgan fingerprint density at radius 3 is 2.23 bits per heavy atom. The van der Waals surface area contributed by atoms with Crippen LogP contribution in [0.3, 0.4) is 0 Å². The molecule has 0 aliphatic carbocycles. The summed E-state index contributed by atoms with van der Waals surface area (Å²) < 4.78 is 10.2.